The number of nitrogens with one attached hydrogen (secondary N) is 2. The second kappa shape index (κ2) is 6.42. The third-order valence-electron chi connectivity index (χ3n) is 4.66. The van der Waals surface area contributed by atoms with Crippen LogP contribution in [-0.4, -0.2) is 27.0 Å². The van der Waals surface area contributed by atoms with Crippen LogP contribution in [0.4, 0.5) is 5.82 Å². The number of carboxylic acids is 1. The summed E-state index contributed by atoms with van der Waals surface area (Å²) in [7, 11) is 0. The highest BCUT2D eigenvalue weighted by Gasteiger charge is 2.18. The van der Waals surface area contributed by atoms with E-state index in [1.54, 1.807) is 11.3 Å². The molecule has 0 spiro atoms. The van der Waals surface area contributed by atoms with Crippen molar-refractivity contribution in [3.05, 3.63) is 52.8 Å². The molecule has 0 aliphatic heterocycles. The molecule has 0 bridgehead atoms. The molecule has 0 aliphatic carbocycles. The summed E-state index contributed by atoms with van der Waals surface area (Å²) in [5.74, 6) is -0.627. The summed E-state index contributed by atoms with van der Waals surface area (Å²) < 4.78 is 0. The molecule has 0 amide bonds. The molecule has 0 saturated carbocycles. The van der Waals surface area contributed by atoms with E-state index in [1.165, 1.54) is 6.33 Å². The third-order valence-corrected chi connectivity index (χ3v) is 5.78. The minimum absolute atomic E-state index is 0.292. The lowest BCUT2D eigenvalue weighted by Crippen LogP contribution is -2.42. The smallest absolute Gasteiger partial charge is 0.138 e. The Morgan fingerprint density at radius 1 is 1.31 bits per heavy atom. The van der Waals surface area contributed by atoms with Crippen LogP contribution in [0.5, 0.6) is 0 Å². The third kappa shape index (κ3) is 2.80. The lowest BCUT2D eigenvalue weighted by Gasteiger charge is -2.20. The number of rotatable bonds is 5. The summed E-state index contributed by atoms with van der Waals surface area (Å²) in [6, 6.07) is 6.92. The van der Waals surface area contributed by atoms with E-state index in [1.807, 2.05) is 44.3 Å². The van der Waals surface area contributed by atoms with Crippen molar-refractivity contribution in [2.45, 2.75) is 26.3 Å². The molecule has 1 atom stereocenters. The Kier molecular flexibility index (Phi) is 4.08. The number of nitrogens with zero attached hydrogens (tertiary/aromatic N) is 2. The Morgan fingerprint density at radius 2 is 2.12 bits per heavy atom. The van der Waals surface area contributed by atoms with Crippen LogP contribution in [0.15, 0.2) is 36.8 Å². The average Bonchev–Trinajstić information content (AvgIpc) is 3.16. The number of aromatic nitrogens is 3. The minimum atomic E-state index is -1.16. The molecule has 0 aliphatic rings. The van der Waals surface area contributed by atoms with Crippen LogP contribution in [0.3, 0.4) is 0 Å². The van der Waals surface area contributed by atoms with Crippen molar-refractivity contribution in [2.24, 2.45) is 0 Å². The van der Waals surface area contributed by atoms with E-state index in [-0.39, 0.29) is 0 Å². The summed E-state index contributed by atoms with van der Waals surface area (Å²) in [6.07, 6.45) is 3.59. The predicted octanol–water partition coefficient (Wildman–Crippen LogP) is 2.56. The summed E-state index contributed by atoms with van der Waals surface area (Å²) in [5.41, 5.74) is 2.97. The first-order valence-electron chi connectivity index (χ1n) is 8.27. The molecule has 3 heterocycles. The van der Waals surface area contributed by atoms with Gasteiger partial charge < -0.3 is 20.2 Å². The van der Waals surface area contributed by atoms with Crippen molar-refractivity contribution in [2.75, 3.05) is 5.32 Å². The van der Waals surface area contributed by atoms with E-state index in [4.69, 9.17) is 0 Å². The van der Waals surface area contributed by atoms with E-state index in [0.717, 1.165) is 37.1 Å². The monoisotopic (exact) mass is 365 g/mol. The Balaban J connectivity index is 1.69. The van der Waals surface area contributed by atoms with Gasteiger partial charge >= 0.3 is 0 Å². The highest BCUT2D eigenvalue weighted by atomic mass is 32.1. The Bertz CT molecular complexity index is 1120. The van der Waals surface area contributed by atoms with Gasteiger partial charge in [0.2, 0.25) is 0 Å². The summed E-state index contributed by atoms with van der Waals surface area (Å²) >= 11 is 1.58. The summed E-state index contributed by atoms with van der Waals surface area (Å²) in [5, 5.41) is 16.7. The van der Waals surface area contributed by atoms with Crippen LogP contribution in [0.2, 0.25) is 0 Å². The van der Waals surface area contributed by atoms with E-state index in [9.17, 15) is 9.90 Å². The second-order valence-corrected chi connectivity index (χ2v) is 7.47. The number of carboxylic acid groups (broad SMARTS) is 1. The first-order chi connectivity index (χ1) is 12.5. The molecule has 132 valence electrons. The van der Waals surface area contributed by atoms with Crippen LogP contribution in [0.25, 0.3) is 21.1 Å². The standard InChI is InChI=1S/C19H18N4O2S/c1-10-11(2)26-18-16(10)17(21-9-22-18)23-15(19(24)25)7-12-8-20-14-6-4-3-5-13(12)14/h3-6,8-9,15,20H,7H2,1-2H3,(H,24,25)(H,21,22,23)/p-1/t15-/m1/s1. The van der Waals surface area contributed by atoms with Crippen molar-refractivity contribution in [1.82, 2.24) is 15.0 Å². The van der Waals surface area contributed by atoms with E-state index in [2.05, 4.69) is 20.3 Å². The highest BCUT2D eigenvalue weighted by molar-refractivity contribution is 7.18. The van der Waals surface area contributed by atoms with Gasteiger partial charge in [0, 0.05) is 28.4 Å². The lowest BCUT2D eigenvalue weighted by molar-refractivity contribution is -0.306. The fourth-order valence-electron chi connectivity index (χ4n) is 3.17. The maximum absolute atomic E-state index is 11.8. The molecule has 6 nitrogen and oxygen atoms in total. The Hall–Kier alpha value is -2.93. The molecule has 3 aromatic heterocycles. The van der Waals surface area contributed by atoms with Gasteiger partial charge in [-0.05, 0) is 31.0 Å². The predicted molar refractivity (Wildman–Crippen MR) is 101 cm³/mol. The molecule has 7 heteroatoms. The number of hydrogen-bond donors (Lipinski definition) is 2. The van der Waals surface area contributed by atoms with Gasteiger partial charge in [0.1, 0.15) is 17.0 Å². The van der Waals surface area contributed by atoms with Crippen LogP contribution in [0, 0.1) is 13.8 Å². The van der Waals surface area contributed by atoms with Gasteiger partial charge in [-0.2, -0.15) is 0 Å². The Morgan fingerprint density at radius 3 is 2.92 bits per heavy atom. The van der Waals surface area contributed by atoms with Crippen LogP contribution < -0.4 is 10.4 Å². The molecule has 2 N–H and O–H groups in total. The molecule has 0 saturated heterocycles. The number of hydrogen-bond acceptors (Lipinski definition) is 6. The number of benzene rings is 1. The maximum Gasteiger partial charge on any atom is 0.138 e. The first kappa shape index (κ1) is 16.5. The fourth-order valence-corrected chi connectivity index (χ4v) is 4.17. The number of para-hydroxylation sites is 1. The van der Waals surface area contributed by atoms with Crippen molar-refractivity contribution in [3.8, 4) is 0 Å². The number of fused-ring (bicyclic) bond motifs is 2. The molecule has 4 rings (SSSR count). The SMILES string of the molecule is Cc1sc2ncnc(N[C@H](Cc3c[nH]c4ccccc34)C(=O)[O-])c2c1C. The zero-order valence-corrected chi connectivity index (χ0v) is 15.2. The first-order valence-corrected chi connectivity index (χ1v) is 9.09. The van der Waals surface area contributed by atoms with Crippen LogP contribution >= 0.6 is 11.3 Å². The number of aliphatic carboxylic acids is 1. The van der Waals surface area contributed by atoms with E-state index in [0.29, 0.717) is 12.2 Å². The fraction of sp³-hybridized carbons (Fsp3) is 0.211. The number of aromatic amines is 1. The normalized spacial score (nSPS) is 12.5. The molecule has 1 aromatic carbocycles. The van der Waals surface area contributed by atoms with E-state index >= 15 is 0 Å². The van der Waals surface area contributed by atoms with Crippen molar-refractivity contribution < 1.29 is 9.90 Å². The molecule has 0 fully saturated rings. The zero-order chi connectivity index (χ0) is 18.3. The van der Waals surface area contributed by atoms with Crippen molar-refractivity contribution >= 4 is 44.2 Å². The van der Waals surface area contributed by atoms with Gasteiger partial charge in [-0.1, -0.05) is 18.2 Å². The number of aryl methyl sites for hydroxylation is 2. The van der Waals surface area contributed by atoms with Crippen LogP contribution in [-0.2, 0) is 11.2 Å². The number of carbonyl (C=O) groups excluding carboxylic acids is 1. The highest BCUT2D eigenvalue weighted by Crippen LogP contribution is 2.33. The maximum atomic E-state index is 11.8. The van der Waals surface area contributed by atoms with Gasteiger partial charge in [-0.25, -0.2) is 9.97 Å². The van der Waals surface area contributed by atoms with Crippen molar-refractivity contribution in [1.29, 1.82) is 0 Å². The molecule has 4 aromatic rings. The summed E-state index contributed by atoms with van der Waals surface area (Å²) in [6.45, 7) is 4.02. The molecular weight excluding hydrogens is 348 g/mol. The topological polar surface area (TPSA) is 93.7 Å². The van der Waals surface area contributed by atoms with Gasteiger partial charge in [-0.15, -0.1) is 11.3 Å². The minimum Gasteiger partial charge on any atom is -0.548 e. The number of thiophene rings is 1. The largest absolute Gasteiger partial charge is 0.548 e. The summed E-state index contributed by atoms with van der Waals surface area (Å²) in [4.78, 5) is 25.5. The van der Waals surface area contributed by atoms with Gasteiger partial charge in [0.05, 0.1) is 17.4 Å². The Labute approximate surface area is 153 Å². The van der Waals surface area contributed by atoms with Crippen LogP contribution in [0.1, 0.15) is 16.0 Å². The molecule has 0 radical (unpaired) electrons. The molecule has 0 unspecified atom stereocenters. The zero-order valence-electron chi connectivity index (χ0n) is 14.4. The number of H-pyrrole nitrogens is 1. The lowest BCUT2D eigenvalue weighted by atomic mass is 10.0. The second-order valence-electron chi connectivity index (χ2n) is 6.27. The average molecular weight is 365 g/mol. The molecule has 26 heavy (non-hydrogen) atoms. The van der Waals surface area contributed by atoms with Gasteiger partial charge in [0.25, 0.3) is 0 Å². The number of anilines is 1. The van der Waals surface area contributed by atoms with Gasteiger partial charge in [-0.3, -0.25) is 0 Å². The van der Waals surface area contributed by atoms with E-state index < -0.39 is 12.0 Å². The van der Waals surface area contributed by atoms with Gasteiger partial charge in [0.15, 0.2) is 0 Å². The van der Waals surface area contributed by atoms with Crippen molar-refractivity contribution in [3.63, 3.8) is 0 Å². The number of carbonyl (C=O) groups is 1. The molecular formula is C19H17N4O2S-. The quantitative estimate of drug-likeness (QED) is 0.567.